The third kappa shape index (κ3) is 84.0. The number of pyridine rings is 2. The van der Waals surface area contributed by atoms with E-state index in [4.69, 9.17) is 61.6 Å². The molecule has 0 bridgehead atoms. The number of aromatic nitrogens is 2. The Balaban J connectivity index is 0.000000368. The molecule has 13 N–H and O–H groups in total. The molecule has 0 atom stereocenters. The number of nitrogens with two attached hydrogens (primary N) is 4. The lowest BCUT2D eigenvalue weighted by Gasteiger charge is -2.13. The maximum Gasteiger partial charge on any atom is 0.168 e. The predicted octanol–water partition coefficient (Wildman–Crippen LogP) is 15.8. The number of ether oxygens (including phenoxy) is 6. The van der Waals surface area contributed by atoms with Crippen LogP contribution in [0.15, 0.2) is 154 Å². The summed E-state index contributed by atoms with van der Waals surface area (Å²) in [5.41, 5.74) is 25.1. The van der Waals surface area contributed by atoms with Gasteiger partial charge in [0.15, 0.2) is 37.9 Å². The van der Waals surface area contributed by atoms with Crippen LogP contribution >= 0.6 is 223 Å². The van der Waals surface area contributed by atoms with Gasteiger partial charge in [0.05, 0.1) is 104 Å². The average Bonchev–Trinajstić information content (AvgIpc) is 1.06. The SMILES string of the molecule is C1COCCSCCOCCOCCSCCO1.C1CSCCOCCSCCO1.C1CSCCSCCNCCSCCSCCN1.C1CSCN1.NC1CSCCCSCC(N)CSCCCSC1.Nc1ccc(SCCSc2ccc(N)cc2)cc1.OCCSc1ccccc1SCCO.c1cc[n+](CCSCCSCC[n+]2ccccc2)cc1. The van der Waals surface area contributed by atoms with Crippen LogP contribution < -0.4 is 48.0 Å². The zero-order chi connectivity index (χ0) is 87.4. The zero-order valence-electron chi connectivity index (χ0n) is 73.0. The lowest BCUT2D eigenvalue weighted by atomic mass is 10.3. The van der Waals surface area contributed by atoms with Crippen LogP contribution in [0.2, 0.25) is 0 Å². The molecule has 123 heavy (non-hydrogen) atoms. The van der Waals surface area contributed by atoms with Crippen molar-refractivity contribution in [3.8, 4) is 0 Å². The lowest BCUT2D eigenvalue weighted by Crippen LogP contribution is -2.33. The van der Waals surface area contributed by atoms with Gasteiger partial charge in [-0.25, -0.2) is 9.13 Å². The Bertz CT molecular complexity index is 2570. The highest BCUT2D eigenvalue weighted by Crippen LogP contribution is 2.31. The first-order valence-corrected chi connectivity index (χ1v) is 64.3. The van der Waals surface area contributed by atoms with Crippen molar-refractivity contribution in [2.75, 3.05) is 332 Å². The van der Waals surface area contributed by atoms with Gasteiger partial charge in [-0.15, -0.1) is 58.8 Å². The number of aliphatic hydroxyl groups excluding tert-OH is 2. The molecule has 5 aromatic rings. The van der Waals surface area contributed by atoms with Crippen LogP contribution in [0.25, 0.3) is 0 Å². The molecule has 36 heteroatoms. The summed E-state index contributed by atoms with van der Waals surface area (Å²) in [5.74, 6) is 39.2. The summed E-state index contributed by atoms with van der Waals surface area (Å²) in [6, 6.07) is 37.3. The van der Waals surface area contributed by atoms with Crippen LogP contribution in [0, 0.1) is 0 Å². The number of thioether (sulfide) groups is 19. The minimum atomic E-state index is 0.198. The molecule has 7 heterocycles. The molecule has 704 valence electrons. The summed E-state index contributed by atoms with van der Waals surface area (Å²) < 4.78 is 37.2. The van der Waals surface area contributed by atoms with E-state index in [0.29, 0.717) is 38.5 Å². The van der Waals surface area contributed by atoms with E-state index in [-0.39, 0.29) is 13.2 Å². The predicted molar refractivity (Wildman–Crippen MR) is 582 cm³/mol. The van der Waals surface area contributed by atoms with E-state index >= 15 is 0 Å². The van der Waals surface area contributed by atoms with E-state index in [1.54, 1.807) is 23.5 Å². The summed E-state index contributed by atoms with van der Waals surface area (Å²) in [6.07, 6.45) is 11.1. The molecule has 0 spiro atoms. The highest BCUT2D eigenvalue weighted by atomic mass is 32.2. The standard InChI is InChI=1S/C16H22N2S2.C14H16N2S2.2C12H26N2S4.C12H24O4S2.C10H14O2S2.C8H16O2S2.C3H7NS/c1-3-7-17(8-4-1)11-13-19-15-16-20-14-12-18-9-5-2-6-10-18;15-11-1-5-13(6-2-11)17-9-10-18-14-7-3-12(16)4-8-14;1-5-15-9-10-17-7-3-14-4-8-18-12-11-16-6-2-13-1;13-11-7-15-3-1-4-16-8-12(14)10-18-6-2-5-17-9-11;1-2-14-6-10-18-12-8-16-4-3-15-7-11-17-9-5-13-1;11-5-7-13-9-3-1-2-4-10(9)14-8-6-12;1-5-11-7-3-10-4-8-12-6-2-9-1;1-2-5-3-4-1/h1-10H,11-16H2;1-8H,9-10,15-16H2;13-14H,1-12H2;11-12H,1-10,13-14H2;1-12H2;1-4,11-12H,5-8H2;1-8H2;4H,1-3H2/q+2;;;;;;;. The van der Waals surface area contributed by atoms with E-state index in [9.17, 15) is 0 Å². The monoisotopic (exact) mass is 2060 g/mol. The second kappa shape index (κ2) is 96.8. The Morgan fingerprint density at radius 3 is 0.894 bits per heavy atom. The van der Waals surface area contributed by atoms with Crippen LogP contribution in [-0.4, -0.2) is 343 Å². The van der Waals surface area contributed by atoms with Crippen LogP contribution in [0.4, 0.5) is 11.4 Å². The van der Waals surface area contributed by atoms with Crippen molar-refractivity contribution >= 4 is 235 Å². The van der Waals surface area contributed by atoms with Gasteiger partial charge in [0.1, 0.15) is 0 Å². The molecule has 2 aromatic heterocycles. The third-order valence-electron chi connectivity index (χ3n) is 16.1. The number of aryl methyl sites for hydroxylation is 2. The Morgan fingerprint density at radius 1 is 0.301 bits per heavy atom. The fourth-order valence-corrected chi connectivity index (χ4v) is 27.1. The Hall–Kier alpha value is 1.69. The Kier molecular flexibility index (Phi) is 93.5. The number of nitrogen functional groups attached to an aromatic ring is 2. The van der Waals surface area contributed by atoms with Gasteiger partial charge in [-0.2, -0.15) is 165 Å². The van der Waals surface area contributed by atoms with Gasteiger partial charge < -0.3 is 77.5 Å². The van der Waals surface area contributed by atoms with E-state index < -0.39 is 0 Å². The highest BCUT2D eigenvalue weighted by molar-refractivity contribution is 8.05. The Labute approximate surface area is 825 Å². The summed E-state index contributed by atoms with van der Waals surface area (Å²) in [7, 11) is 0. The minimum Gasteiger partial charge on any atom is -0.399 e. The minimum absolute atomic E-state index is 0.198. The van der Waals surface area contributed by atoms with Crippen LogP contribution in [0.5, 0.6) is 0 Å². The van der Waals surface area contributed by atoms with Gasteiger partial charge in [0.25, 0.3) is 0 Å². The fourth-order valence-electron chi connectivity index (χ4n) is 9.87. The molecular weight excluding hydrogens is 1910 g/mol. The fraction of sp³-hybridized carbons (Fsp3) is 0.678. The number of hydrogen-bond acceptors (Lipinski definition) is 34. The summed E-state index contributed by atoms with van der Waals surface area (Å²) in [4.78, 5) is 4.89. The zero-order valence-corrected chi connectivity index (χ0v) is 88.5. The van der Waals surface area contributed by atoms with Gasteiger partial charge in [-0.3, -0.25) is 0 Å². The second-order valence-electron chi connectivity index (χ2n) is 26.5. The first-order valence-electron chi connectivity index (χ1n) is 43.0. The molecule has 17 nitrogen and oxygen atoms in total. The molecule has 5 aliphatic heterocycles. The van der Waals surface area contributed by atoms with Gasteiger partial charge in [0.2, 0.25) is 0 Å². The first kappa shape index (κ1) is 119. The van der Waals surface area contributed by atoms with Gasteiger partial charge >= 0.3 is 0 Å². The molecule has 3 aromatic carbocycles. The van der Waals surface area contributed by atoms with Crippen molar-refractivity contribution in [2.45, 2.75) is 57.6 Å². The average molecular weight is 2060 g/mol. The lowest BCUT2D eigenvalue weighted by molar-refractivity contribution is -0.692. The first-order chi connectivity index (χ1) is 60.9. The summed E-state index contributed by atoms with van der Waals surface area (Å²) in [6.45, 7) is 18.1. The van der Waals surface area contributed by atoms with Gasteiger partial charge in [-0.05, 0) is 96.5 Å². The van der Waals surface area contributed by atoms with Gasteiger partial charge in [-0.1, -0.05) is 24.3 Å². The molecular formula is C87H151N9O8S19+2. The smallest absolute Gasteiger partial charge is 0.168 e. The molecule has 5 saturated heterocycles. The van der Waals surface area contributed by atoms with Crippen molar-refractivity contribution in [3.63, 3.8) is 0 Å². The van der Waals surface area contributed by atoms with Crippen molar-refractivity contribution in [3.05, 3.63) is 134 Å². The van der Waals surface area contributed by atoms with Crippen molar-refractivity contribution in [2.24, 2.45) is 11.5 Å². The summed E-state index contributed by atoms with van der Waals surface area (Å²) in [5, 5.41) is 27.7. The number of aliphatic hydroxyl groups is 2. The van der Waals surface area contributed by atoms with Crippen LogP contribution in [0.1, 0.15) is 12.8 Å². The number of nitrogens with zero attached hydrogens (tertiary/aromatic N) is 2. The van der Waals surface area contributed by atoms with Crippen LogP contribution in [0.3, 0.4) is 0 Å². The van der Waals surface area contributed by atoms with E-state index in [1.807, 2.05) is 201 Å². The molecule has 0 amide bonds. The quantitative estimate of drug-likeness (QED) is 0.0152. The number of nitrogens with one attached hydrogen (secondary N) is 3. The molecule has 0 aliphatic carbocycles. The molecule has 5 fully saturated rings. The second-order valence-corrected chi connectivity index (χ2v) is 49.1. The topological polar surface area (TPSA) is 244 Å². The van der Waals surface area contributed by atoms with E-state index in [0.717, 1.165) is 169 Å². The number of anilines is 2. The highest BCUT2D eigenvalue weighted by Gasteiger charge is 2.10. The van der Waals surface area contributed by atoms with Crippen molar-refractivity contribution in [1.29, 1.82) is 0 Å². The maximum absolute atomic E-state index is 8.73. The molecule has 0 unspecified atom stereocenters. The number of rotatable bonds is 20. The molecule has 0 radical (unpaired) electrons. The molecule has 10 rings (SSSR count). The van der Waals surface area contributed by atoms with Crippen LogP contribution in [-0.2, 0) is 41.5 Å². The number of hydrogen-bond donors (Lipinski definition) is 9. The van der Waals surface area contributed by atoms with Crippen molar-refractivity contribution < 1.29 is 47.8 Å². The molecule has 5 aliphatic rings. The maximum atomic E-state index is 8.73. The van der Waals surface area contributed by atoms with E-state index in [2.05, 4.69) is 158 Å². The van der Waals surface area contributed by atoms with Gasteiger partial charge in [0, 0.05) is 261 Å². The Morgan fingerprint density at radius 2 is 0.602 bits per heavy atom. The largest absolute Gasteiger partial charge is 0.399 e. The summed E-state index contributed by atoms with van der Waals surface area (Å²) >= 11 is 37.0. The number of benzene rings is 3. The molecule has 0 saturated carbocycles. The third-order valence-corrected chi connectivity index (χ3v) is 36.8. The van der Waals surface area contributed by atoms with E-state index in [1.165, 1.54) is 169 Å². The normalized spacial score (nSPS) is 19.3. The van der Waals surface area contributed by atoms with Crippen molar-refractivity contribution in [1.82, 2.24) is 16.0 Å².